The molecule has 1 saturated heterocycles. The van der Waals surface area contributed by atoms with Gasteiger partial charge in [-0.15, -0.1) is 0 Å². The second-order valence-corrected chi connectivity index (χ2v) is 6.47. The van der Waals surface area contributed by atoms with Gasteiger partial charge in [0.15, 0.2) is 0 Å². The van der Waals surface area contributed by atoms with E-state index < -0.39 is 0 Å². The molecule has 0 radical (unpaired) electrons. The summed E-state index contributed by atoms with van der Waals surface area (Å²) >= 11 is 0. The van der Waals surface area contributed by atoms with Crippen molar-refractivity contribution in [3.63, 3.8) is 0 Å². The van der Waals surface area contributed by atoms with Crippen LogP contribution < -0.4 is 0 Å². The van der Waals surface area contributed by atoms with Crippen molar-refractivity contribution in [3.05, 3.63) is 11.1 Å². The molecule has 96 valence electrons. The summed E-state index contributed by atoms with van der Waals surface area (Å²) in [4.78, 5) is 14.3. The summed E-state index contributed by atoms with van der Waals surface area (Å²) in [7, 11) is 0. The van der Waals surface area contributed by atoms with Crippen molar-refractivity contribution in [2.24, 2.45) is 17.3 Å². The fraction of sp³-hybridized carbons (Fsp3) is 0.800. The lowest BCUT2D eigenvalue weighted by atomic mass is 10.0. The van der Waals surface area contributed by atoms with Crippen LogP contribution in [0.5, 0.6) is 0 Å². The number of piperidine rings is 1. The lowest BCUT2D eigenvalue weighted by Gasteiger charge is -2.23. The number of carbonyl (C=O) groups is 1. The van der Waals surface area contributed by atoms with Crippen LogP contribution in [0.15, 0.2) is 11.1 Å². The van der Waals surface area contributed by atoms with Gasteiger partial charge >= 0.3 is 0 Å². The zero-order valence-corrected chi connectivity index (χ0v) is 11.8. The van der Waals surface area contributed by atoms with E-state index in [1.165, 1.54) is 11.1 Å². The first-order valence-electron chi connectivity index (χ1n) is 6.81. The molecule has 2 heteroatoms. The smallest absolute Gasteiger partial charge is 0.226 e. The van der Waals surface area contributed by atoms with Gasteiger partial charge in [0, 0.05) is 19.5 Å². The van der Waals surface area contributed by atoms with Gasteiger partial charge in [0.25, 0.3) is 0 Å². The van der Waals surface area contributed by atoms with E-state index >= 15 is 0 Å². The maximum Gasteiger partial charge on any atom is 0.226 e. The second kappa shape index (κ2) is 4.15. The van der Waals surface area contributed by atoms with E-state index in [4.69, 9.17) is 0 Å². The van der Waals surface area contributed by atoms with Gasteiger partial charge in [-0.25, -0.2) is 0 Å². The Morgan fingerprint density at radius 2 is 1.76 bits per heavy atom. The minimum absolute atomic E-state index is 0.339. The number of hydrogen-bond donors (Lipinski definition) is 0. The molecule has 2 nitrogen and oxygen atoms in total. The third-order valence-electron chi connectivity index (χ3n) is 4.97. The maximum absolute atomic E-state index is 12.2. The topological polar surface area (TPSA) is 20.3 Å². The second-order valence-electron chi connectivity index (χ2n) is 6.47. The first-order chi connectivity index (χ1) is 7.87. The Labute approximate surface area is 105 Å². The zero-order chi connectivity index (χ0) is 12.8. The molecular weight excluding hydrogens is 210 g/mol. The zero-order valence-electron chi connectivity index (χ0n) is 11.8. The van der Waals surface area contributed by atoms with Crippen LogP contribution in [-0.2, 0) is 4.79 Å². The van der Waals surface area contributed by atoms with Crippen LogP contribution in [0.3, 0.4) is 0 Å². The standard InChI is InChI=1S/C15H25NO/c1-6-11(10(2)3)7-14(17)16-8-12-13(9-16)15(12,4)5/h12-13H,6-9H2,1-5H3. The number of nitrogens with zero attached hydrogens (tertiary/aromatic N) is 1. The van der Waals surface area contributed by atoms with Crippen LogP contribution in [0.25, 0.3) is 0 Å². The Balaban J connectivity index is 1.90. The number of likely N-dealkylation sites (tertiary alicyclic amines) is 1. The van der Waals surface area contributed by atoms with Crippen molar-refractivity contribution in [1.82, 2.24) is 4.90 Å². The molecule has 2 rings (SSSR count). The molecule has 1 aliphatic heterocycles. The first-order valence-corrected chi connectivity index (χ1v) is 6.81. The van der Waals surface area contributed by atoms with Gasteiger partial charge in [-0.05, 0) is 37.5 Å². The fourth-order valence-electron chi connectivity index (χ4n) is 3.29. The predicted octanol–water partition coefficient (Wildman–Crippen LogP) is 3.24. The largest absolute Gasteiger partial charge is 0.342 e. The minimum atomic E-state index is 0.339. The van der Waals surface area contributed by atoms with Crippen molar-refractivity contribution in [2.45, 2.75) is 47.5 Å². The number of fused-ring (bicyclic) bond motifs is 1. The highest BCUT2D eigenvalue weighted by Crippen LogP contribution is 2.61. The Hall–Kier alpha value is -0.790. The van der Waals surface area contributed by atoms with Gasteiger partial charge in [0.1, 0.15) is 0 Å². The van der Waals surface area contributed by atoms with Gasteiger partial charge in [0.2, 0.25) is 5.91 Å². The van der Waals surface area contributed by atoms with Gasteiger partial charge in [0.05, 0.1) is 0 Å². The predicted molar refractivity (Wildman–Crippen MR) is 70.6 cm³/mol. The maximum atomic E-state index is 12.2. The molecule has 0 bridgehead atoms. The molecule has 1 heterocycles. The molecule has 0 aromatic rings. The molecule has 2 unspecified atom stereocenters. The summed E-state index contributed by atoms with van der Waals surface area (Å²) in [5, 5.41) is 0. The minimum Gasteiger partial charge on any atom is -0.342 e. The molecule has 0 N–H and O–H groups in total. The highest BCUT2D eigenvalue weighted by atomic mass is 16.2. The van der Waals surface area contributed by atoms with Crippen molar-refractivity contribution in [1.29, 1.82) is 0 Å². The third kappa shape index (κ3) is 2.14. The molecule has 2 atom stereocenters. The monoisotopic (exact) mass is 235 g/mol. The number of allylic oxidation sites excluding steroid dienone is 1. The van der Waals surface area contributed by atoms with Crippen LogP contribution in [-0.4, -0.2) is 23.9 Å². The molecule has 0 aromatic carbocycles. The van der Waals surface area contributed by atoms with E-state index in [9.17, 15) is 4.79 Å². The van der Waals surface area contributed by atoms with Crippen LogP contribution in [0, 0.1) is 17.3 Å². The molecular formula is C15H25NO. The SMILES string of the molecule is CCC(CC(=O)N1CC2C(C1)C2(C)C)=C(C)C. The fourth-order valence-corrected chi connectivity index (χ4v) is 3.29. The molecule has 1 aliphatic carbocycles. The van der Waals surface area contributed by atoms with Gasteiger partial charge < -0.3 is 4.90 Å². The van der Waals surface area contributed by atoms with Crippen LogP contribution in [0.4, 0.5) is 0 Å². The lowest BCUT2D eigenvalue weighted by Crippen LogP contribution is -2.33. The highest BCUT2D eigenvalue weighted by Gasteiger charge is 2.62. The Bertz CT molecular complexity index is 349. The van der Waals surface area contributed by atoms with Crippen LogP contribution >= 0.6 is 0 Å². The molecule has 17 heavy (non-hydrogen) atoms. The van der Waals surface area contributed by atoms with Gasteiger partial charge in [-0.2, -0.15) is 0 Å². The molecule has 0 aromatic heterocycles. The van der Waals surface area contributed by atoms with Crippen molar-refractivity contribution >= 4 is 5.91 Å². The van der Waals surface area contributed by atoms with Gasteiger partial charge in [-0.1, -0.05) is 31.9 Å². The summed E-state index contributed by atoms with van der Waals surface area (Å²) < 4.78 is 0. The molecule has 0 spiro atoms. The van der Waals surface area contributed by atoms with Crippen molar-refractivity contribution < 1.29 is 4.79 Å². The number of rotatable bonds is 3. The summed E-state index contributed by atoms with van der Waals surface area (Å²) in [5.74, 6) is 1.87. The third-order valence-corrected chi connectivity index (χ3v) is 4.97. The Kier molecular flexibility index (Phi) is 3.09. The molecule has 1 amide bonds. The summed E-state index contributed by atoms with van der Waals surface area (Å²) in [5.41, 5.74) is 3.13. The number of amides is 1. The van der Waals surface area contributed by atoms with Gasteiger partial charge in [-0.3, -0.25) is 4.79 Å². The van der Waals surface area contributed by atoms with Crippen LogP contribution in [0.1, 0.15) is 47.5 Å². The van der Waals surface area contributed by atoms with Crippen LogP contribution in [0.2, 0.25) is 0 Å². The summed E-state index contributed by atoms with van der Waals surface area (Å²) in [6.07, 6.45) is 1.64. The first kappa shape index (κ1) is 12.7. The quantitative estimate of drug-likeness (QED) is 0.688. The lowest BCUT2D eigenvalue weighted by molar-refractivity contribution is -0.130. The number of carbonyl (C=O) groups excluding carboxylic acids is 1. The summed E-state index contributed by atoms with van der Waals surface area (Å²) in [6, 6.07) is 0. The highest BCUT2D eigenvalue weighted by molar-refractivity contribution is 5.79. The summed E-state index contributed by atoms with van der Waals surface area (Å²) in [6.45, 7) is 13.0. The van der Waals surface area contributed by atoms with E-state index in [-0.39, 0.29) is 0 Å². The number of hydrogen-bond acceptors (Lipinski definition) is 1. The molecule has 1 saturated carbocycles. The van der Waals surface area contributed by atoms with Crippen molar-refractivity contribution in [3.8, 4) is 0 Å². The normalized spacial score (nSPS) is 28.9. The Morgan fingerprint density at radius 3 is 2.18 bits per heavy atom. The van der Waals surface area contributed by atoms with E-state index in [0.29, 0.717) is 17.7 Å². The van der Waals surface area contributed by atoms with E-state index in [1.807, 2.05) is 0 Å². The molecule has 2 aliphatic rings. The Morgan fingerprint density at radius 1 is 1.24 bits per heavy atom. The average Bonchev–Trinajstić information content (AvgIpc) is 2.69. The average molecular weight is 235 g/mol. The van der Waals surface area contributed by atoms with E-state index in [0.717, 1.165) is 31.3 Å². The van der Waals surface area contributed by atoms with E-state index in [2.05, 4.69) is 39.5 Å². The van der Waals surface area contributed by atoms with E-state index in [1.54, 1.807) is 0 Å². The van der Waals surface area contributed by atoms with Crippen molar-refractivity contribution in [2.75, 3.05) is 13.1 Å². The molecule has 2 fully saturated rings.